The SMILES string of the molecule is COc1ccc(OC(=O)N[C@@H](C)c2cccc(OCCc3coc(-c4ccccc4)n3)c2)cc1. The van der Waals surface area contributed by atoms with Crippen LogP contribution in [0.4, 0.5) is 4.79 Å². The van der Waals surface area contributed by atoms with Gasteiger partial charge in [-0.3, -0.25) is 0 Å². The van der Waals surface area contributed by atoms with Crippen LogP contribution in [0.5, 0.6) is 17.2 Å². The molecule has 0 aliphatic rings. The summed E-state index contributed by atoms with van der Waals surface area (Å²) < 4.78 is 21.9. The van der Waals surface area contributed by atoms with Gasteiger partial charge in [0, 0.05) is 12.0 Å². The number of amides is 1. The molecule has 4 aromatic rings. The molecule has 34 heavy (non-hydrogen) atoms. The molecule has 0 bridgehead atoms. The average molecular weight is 459 g/mol. The fourth-order valence-electron chi connectivity index (χ4n) is 3.32. The average Bonchev–Trinajstić information content (AvgIpc) is 3.34. The monoisotopic (exact) mass is 458 g/mol. The van der Waals surface area contributed by atoms with Gasteiger partial charge < -0.3 is 23.9 Å². The Bertz CT molecular complexity index is 1210. The van der Waals surface area contributed by atoms with Crippen LogP contribution < -0.4 is 19.5 Å². The molecule has 174 valence electrons. The van der Waals surface area contributed by atoms with Crippen molar-refractivity contribution in [1.29, 1.82) is 0 Å². The normalized spacial score (nSPS) is 11.5. The lowest BCUT2D eigenvalue weighted by molar-refractivity contribution is 0.197. The summed E-state index contributed by atoms with van der Waals surface area (Å²) in [5, 5.41) is 2.83. The zero-order valence-corrected chi connectivity index (χ0v) is 19.1. The van der Waals surface area contributed by atoms with Crippen LogP contribution in [-0.2, 0) is 6.42 Å². The molecule has 3 aromatic carbocycles. The number of rotatable bonds is 9. The number of nitrogens with one attached hydrogen (secondary N) is 1. The highest BCUT2D eigenvalue weighted by atomic mass is 16.6. The first-order valence-corrected chi connectivity index (χ1v) is 11.0. The molecule has 0 unspecified atom stereocenters. The Kier molecular flexibility index (Phi) is 7.45. The molecule has 0 saturated carbocycles. The van der Waals surface area contributed by atoms with Gasteiger partial charge in [-0.1, -0.05) is 30.3 Å². The lowest BCUT2D eigenvalue weighted by Gasteiger charge is -2.15. The Hall–Kier alpha value is -4.26. The van der Waals surface area contributed by atoms with E-state index in [2.05, 4.69) is 10.3 Å². The summed E-state index contributed by atoms with van der Waals surface area (Å²) in [6.45, 7) is 2.33. The standard InChI is InChI=1S/C27H26N2O5/c1-19(28-27(30)34-24-13-11-23(31-2)12-14-24)21-9-6-10-25(17-21)32-16-15-22-18-33-26(29-22)20-7-4-3-5-8-20/h3-14,17-19H,15-16H2,1-2H3,(H,28,30)/t19-/m0/s1. The van der Waals surface area contributed by atoms with E-state index in [0.29, 0.717) is 36.2 Å². The Balaban J connectivity index is 1.27. The molecule has 0 aliphatic carbocycles. The Morgan fingerprint density at radius 3 is 2.50 bits per heavy atom. The first-order chi connectivity index (χ1) is 16.6. The Morgan fingerprint density at radius 1 is 0.971 bits per heavy atom. The van der Waals surface area contributed by atoms with Crippen molar-refractivity contribution < 1.29 is 23.4 Å². The van der Waals surface area contributed by atoms with Crippen LogP contribution in [0.1, 0.15) is 24.2 Å². The lowest BCUT2D eigenvalue weighted by atomic mass is 10.1. The predicted octanol–water partition coefficient (Wildman–Crippen LogP) is 5.82. The molecule has 0 fully saturated rings. The number of aromatic nitrogens is 1. The summed E-state index contributed by atoms with van der Waals surface area (Å²) in [5.41, 5.74) is 2.66. The first-order valence-electron chi connectivity index (χ1n) is 11.0. The molecule has 7 heteroatoms. The molecular formula is C27H26N2O5. The second-order valence-electron chi connectivity index (χ2n) is 7.61. The van der Waals surface area contributed by atoms with E-state index in [1.807, 2.05) is 61.5 Å². The van der Waals surface area contributed by atoms with Crippen LogP contribution in [0.2, 0.25) is 0 Å². The number of carbonyl (C=O) groups is 1. The minimum atomic E-state index is -0.538. The molecular weight excluding hydrogens is 432 g/mol. The number of carbonyl (C=O) groups excluding carboxylic acids is 1. The topological polar surface area (TPSA) is 82.8 Å². The van der Waals surface area contributed by atoms with E-state index < -0.39 is 6.09 Å². The predicted molar refractivity (Wildman–Crippen MR) is 128 cm³/mol. The fraction of sp³-hybridized carbons (Fsp3) is 0.185. The molecule has 0 aliphatic heterocycles. The van der Waals surface area contributed by atoms with Gasteiger partial charge in [-0.05, 0) is 61.0 Å². The van der Waals surface area contributed by atoms with Gasteiger partial charge in [-0.2, -0.15) is 0 Å². The van der Waals surface area contributed by atoms with Gasteiger partial charge in [0.05, 0.1) is 25.5 Å². The van der Waals surface area contributed by atoms with Crippen molar-refractivity contribution in [2.45, 2.75) is 19.4 Å². The summed E-state index contributed by atoms with van der Waals surface area (Å²) in [4.78, 5) is 16.8. The highest BCUT2D eigenvalue weighted by Crippen LogP contribution is 2.22. The number of oxazole rings is 1. The largest absolute Gasteiger partial charge is 0.497 e. The van der Waals surface area contributed by atoms with Gasteiger partial charge in [0.1, 0.15) is 23.5 Å². The summed E-state index contributed by atoms with van der Waals surface area (Å²) in [6.07, 6.45) is 1.73. The number of benzene rings is 3. The van der Waals surface area contributed by atoms with Gasteiger partial charge in [-0.15, -0.1) is 0 Å². The first kappa shape index (κ1) is 22.9. The number of methoxy groups -OCH3 is 1. The third-order valence-electron chi connectivity index (χ3n) is 5.16. The zero-order valence-electron chi connectivity index (χ0n) is 19.1. The van der Waals surface area contributed by atoms with Crippen molar-refractivity contribution in [3.63, 3.8) is 0 Å². The van der Waals surface area contributed by atoms with Crippen molar-refractivity contribution in [2.24, 2.45) is 0 Å². The van der Waals surface area contributed by atoms with Crippen LogP contribution in [0, 0.1) is 0 Å². The third-order valence-corrected chi connectivity index (χ3v) is 5.16. The van der Waals surface area contributed by atoms with Gasteiger partial charge in [0.25, 0.3) is 0 Å². The van der Waals surface area contributed by atoms with Crippen LogP contribution in [0.3, 0.4) is 0 Å². The quantitative estimate of drug-likeness (QED) is 0.340. The maximum Gasteiger partial charge on any atom is 0.413 e. The van der Waals surface area contributed by atoms with Gasteiger partial charge >= 0.3 is 6.09 Å². The minimum Gasteiger partial charge on any atom is -0.497 e. The van der Waals surface area contributed by atoms with Crippen molar-refractivity contribution >= 4 is 6.09 Å². The Morgan fingerprint density at radius 2 is 1.74 bits per heavy atom. The molecule has 1 atom stereocenters. The molecule has 1 aromatic heterocycles. The molecule has 1 N–H and O–H groups in total. The van der Waals surface area contributed by atoms with E-state index in [-0.39, 0.29) is 6.04 Å². The highest BCUT2D eigenvalue weighted by Gasteiger charge is 2.13. The minimum absolute atomic E-state index is 0.265. The van der Waals surface area contributed by atoms with Crippen LogP contribution in [-0.4, -0.2) is 24.8 Å². The van der Waals surface area contributed by atoms with Crippen molar-refractivity contribution in [3.8, 4) is 28.7 Å². The number of ether oxygens (including phenoxy) is 3. The van der Waals surface area contributed by atoms with Gasteiger partial charge in [0.2, 0.25) is 5.89 Å². The van der Waals surface area contributed by atoms with E-state index in [1.54, 1.807) is 37.6 Å². The summed E-state index contributed by atoms with van der Waals surface area (Å²) >= 11 is 0. The van der Waals surface area contributed by atoms with E-state index in [0.717, 1.165) is 16.8 Å². The molecule has 0 radical (unpaired) electrons. The van der Waals surface area contributed by atoms with Gasteiger partial charge in [0.15, 0.2) is 0 Å². The fourth-order valence-corrected chi connectivity index (χ4v) is 3.32. The molecule has 7 nitrogen and oxygen atoms in total. The molecule has 1 amide bonds. The second kappa shape index (κ2) is 11.0. The van der Waals surface area contributed by atoms with Crippen molar-refractivity contribution in [3.05, 3.63) is 96.4 Å². The second-order valence-corrected chi connectivity index (χ2v) is 7.61. The van der Waals surface area contributed by atoms with Crippen molar-refractivity contribution in [1.82, 2.24) is 10.3 Å². The van der Waals surface area contributed by atoms with Crippen LogP contribution >= 0.6 is 0 Å². The van der Waals surface area contributed by atoms with Crippen molar-refractivity contribution in [2.75, 3.05) is 13.7 Å². The van der Waals surface area contributed by atoms with Crippen LogP contribution in [0.25, 0.3) is 11.5 Å². The summed E-state index contributed by atoms with van der Waals surface area (Å²) in [5.74, 6) is 2.43. The molecule has 0 saturated heterocycles. The number of nitrogens with zero attached hydrogens (tertiary/aromatic N) is 1. The van der Waals surface area contributed by atoms with E-state index in [4.69, 9.17) is 18.6 Å². The van der Waals surface area contributed by atoms with E-state index in [9.17, 15) is 4.79 Å². The lowest BCUT2D eigenvalue weighted by Crippen LogP contribution is -2.29. The molecule has 4 rings (SSSR count). The summed E-state index contributed by atoms with van der Waals surface area (Å²) in [7, 11) is 1.58. The maximum absolute atomic E-state index is 12.3. The third kappa shape index (κ3) is 6.16. The smallest absolute Gasteiger partial charge is 0.413 e. The van der Waals surface area contributed by atoms with Crippen LogP contribution in [0.15, 0.2) is 89.5 Å². The zero-order chi connectivity index (χ0) is 23.8. The highest BCUT2D eigenvalue weighted by molar-refractivity contribution is 5.71. The number of hydrogen-bond donors (Lipinski definition) is 1. The molecule has 0 spiro atoms. The maximum atomic E-state index is 12.3. The van der Waals surface area contributed by atoms with E-state index >= 15 is 0 Å². The summed E-state index contributed by atoms with van der Waals surface area (Å²) in [6, 6.07) is 23.9. The van der Waals surface area contributed by atoms with Gasteiger partial charge in [-0.25, -0.2) is 9.78 Å². The number of hydrogen-bond acceptors (Lipinski definition) is 6. The molecule has 1 heterocycles. The van der Waals surface area contributed by atoms with E-state index in [1.165, 1.54) is 0 Å². The Labute approximate surface area is 198 Å².